The van der Waals surface area contributed by atoms with Crippen LogP contribution < -0.4 is 5.32 Å². The Balaban J connectivity index is 1.70. The van der Waals surface area contributed by atoms with Gasteiger partial charge in [-0.05, 0) is 30.7 Å². The van der Waals surface area contributed by atoms with E-state index in [0.29, 0.717) is 29.0 Å². The predicted molar refractivity (Wildman–Crippen MR) is 87.3 cm³/mol. The molecule has 124 valence electrons. The molecule has 1 aliphatic rings. The molecule has 1 saturated heterocycles. The van der Waals surface area contributed by atoms with Gasteiger partial charge in [0.05, 0.1) is 28.8 Å². The molecule has 0 radical (unpaired) electrons. The summed E-state index contributed by atoms with van der Waals surface area (Å²) in [5.74, 6) is 0.517. The molecule has 24 heavy (non-hydrogen) atoms. The Morgan fingerprint density at radius 1 is 1.21 bits per heavy atom. The average Bonchev–Trinajstić information content (AvgIpc) is 3.12. The van der Waals surface area contributed by atoms with Crippen LogP contribution >= 0.6 is 0 Å². The summed E-state index contributed by atoms with van der Waals surface area (Å²) >= 11 is 0. The molecule has 2 aromatic heterocycles. The fraction of sp³-hybridized carbons (Fsp3) is 0.267. The van der Waals surface area contributed by atoms with Gasteiger partial charge in [-0.15, -0.1) is 0 Å². The first-order chi connectivity index (χ1) is 11.5. The minimum absolute atomic E-state index is 0.102. The third-order valence-electron chi connectivity index (χ3n) is 4.01. The van der Waals surface area contributed by atoms with Gasteiger partial charge in [0.15, 0.2) is 15.5 Å². The summed E-state index contributed by atoms with van der Waals surface area (Å²) in [5.41, 5.74) is 1.25. The SMILES string of the molecule is O=S1(=O)CC[C@H](Nc2ncnc3c2cnn3-c2ccc(F)cc2)C1. The summed E-state index contributed by atoms with van der Waals surface area (Å²) in [4.78, 5) is 8.45. The highest BCUT2D eigenvalue weighted by Crippen LogP contribution is 2.24. The molecule has 0 bridgehead atoms. The van der Waals surface area contributed by atoms with Gasteiger partial charge < -0.3 is 5.32 Å². The van der Waals surface area contributed by atoms with Crippen LogP contribution in [0, 0.1) is 5.82 Å². The molecule has 0 amide bonds. The second kappa shape index (κ2) is 5.52. The van der Waals surface area contributed by atoms with Crippen LogP contribution in [0.15, 0.2) is 36.8 Å². The van der Waals surface area contributed by atoms with Crippen LogP contribution in [0.5, 0.6) is 0 Å². The van der Waals surface area contributed by atoms with Crippen molar-refractivity contribution in [1.82, 2.24) is 19.7 Å². The van der Waals surface area contributed by atoms with E-state index in [1.807, 2.05) is 0 Å². The number of nitrogens with zero attached hydrogens (tertiary/aromatic N) is 4. The molecule has 4 rings (SSSR count). The van der Waals surface area contributed by atoms with Gasteiger partial charge in [-0.3, -0.25) is 0 Å². The summed E-state index contributed by atoms with van der Waals surface area (Å²) in [5, 5.41) is 8.15. The molecule has 1 aliphatic heterocycles. The fourth-order valence-corrected chi connectivity index (χ4v) is 4.51. The Bertz CT molecular complexity index is 1000. The number of sulfone groups is 1. The molecule has 0 unspecified atom stereocenters. The third kappa shape index (κ3) is 2.71. The fourth-order valence-electron chi connectivity index (χ4n) is 2.83. The Morgan fingerprint density at radius 3 is 2.71 bits per heavy atom. The van der Waals surface area contributed by atoms with Crippen LogP contribution in [-0.4, -0.2) is 45.7 Å². The van der Waals surface area contributed by atoms with Crippen molar-refractivity contribution in [1.29, 1.82) is 0 Å². The van der Waals surface area contributed by atoms with Crippen molar-refractivity contribution in [3.05, 3.63) is 42.6 Å². The number of hydrogen-bond acceptors (Lipinski definition) is 6. The lowest BCUT2D eigenvalue weighted by Crippen LogP contribution is -2.21. The number of nitrogens with one attached hydrogen (secondary N) is 1. The molecule has 0 aliphatic carbocycles. The molecule has 0 spiro atoms. The number of aromatic nitrogens is 4. The Morgan fingerprint density at radius 2 is 2.00 bits per heavy atom. The number of anilines is 1. The lowest BCUT2D eigenvalue weighted by Gasteiger charge is -2.11. The largest absolute Gasteiger partial charge is 0.366 e. The van der Waals surface area contributed by atoms with Crippen molar-refractivity contribution in [3.63, 3.8) is 0 Å². The molecule has 3 heterocycles. The smallest absolute Gasteiger partial charge is 0.168 e. The van der Waals surface area contributed by atoms with Crippen molar-refractivity contribution >= 4 is 26.7 Å². The number of benzene rings is 1. The zero-order valence-electron chi connectivity index (χ0n) is 12.6. The van der Waals surface area contributed by atoms with Crippen LogP contribution in [0.1, 0.15) is 6.42 Å². The second-order valence-corrected chi connectivity index (χ2v) is 7.97. The maximum absolute atomic E-state index is 13.1. The van der Waals surface area contributed by atoms with Crippen molar-refractivity contribution in [2.45, 2.75) is 12.5 Å². The van der Waals surface area contributed by atoms with Crippen LogP contribution in [0.4, 0.5) is 10.2 Å². The van der Waals surface area contributed by atoms with E-state index in [1.54, 1.807) is 23.0 Å². The van der Waals surface area contributed by atoms with E-state index in [-0.39, 0.29) is 23.4 Å². The lowest BCUT2D eigenvalue weighted by atomic mass is 10.2. The Hall–Kier alpha value is -2.55. The van der Waals surface area contributed by atoms with Gasteiger partial charge in [-0.25, -0.2) is 27.5 Å². The number of hydrogen-bond donors (Lipinski definition) is 1. The van der Waals surface area contributed by atoms with E-state index in [1.165, 1.54) is 18.5 Å². The van der Waals surface area contributed by atoms with Gasteiger partial charge in [-0.1, -0.05) is 0 Å². The normalized spacial score (nSPS) is 19.6. The molecule has 3 aromatic rings. The Kier molecular flexibility index (Phi) is 3.45. The van der Waals surface area contributed by atoms with Gasteiger partial charge in [-0.2, -0.15) is 5.10 Å². The van der Waals surface area contributed by atoms with Crippen molar-refractivity contribution in [2.24, 2.45) is 0 Å². The summed E-state index contributed by atoms with van der Waals surface area (Å²) in [6, 6.07) is 5.77. The minimum atomic E-state index is -2.97. The highest BCUT2D eigenvalue weighted by molar-refractivity contribution is 7.91. The molecular weight excluding hydrogens is 333 g/mol. The summed E-state index contributed by atoms with van der Waals surface area (Å²) < 4.78 is 37.9. The molecule has 1 fully saturated rings. The first-order valence-electron chi connectivity index (χ1n) is 7.43. The maximum atomic E-state index is 13.1. The van der Waals surface area contributed by atoms with Crippen LogP contribution in [0.3, 0.4) is 0 Å². The topological polar surface area (TPSA) is 89.8 Å². The van der Waals surface area contributed by atoms with Gasteiger partial charge >= 0.3 is 0 Å². The average molecular weight is 347 g/mol. The van der Waals surface area contributed by atoms with Gasteiger partial charge in [0.25, 0.3) is 0 Å². The summed E-state index contributed by atoms with van der Waals surface area (Å²) in [6.07, 6.45) is 3.57. The number of halogens is 1. The first kappa shape index (κ1) is 15.0. The molecule has 1 N–H and O–H groups in total. The zero-order chi connectivity index (χ0) is 16.7. The van der Waals surface area contributed by atoms with Crippen molar-refractivity contribution in [2.75, 3.05) is 16.8 Å². The van der Waals surface area contributed by atoms with Crippen LogP contribution in [0.25, 0.3) is 16.7 Å². The Labute approximate surface area is 137 Å². The maximum Gasteiger partial charge on any atom is 0.168 e. The van der Waals surface area contributed by atoms with Crippen LogP contribution in [0.2, 0.25) is 0 Å². The number of fused-ring (bicyclic) bond motifs is 1. The molecular formula is C15H14FN5O2S. The lowest BCUT2D eigenvalue weighted by molar-refractivity contribution is 0.602. The highest BCUT2D eigenvalue weighted by Gasteiger charge is 2.28. The van der Waals surface area contributed by atoms with E-state index < -0.39 is 9.84 Å². The quantitative estimate of drug-likeness (QED) is 0.773. The highest BCUT2D eigenvalue weighted by atomic mass is 32.2. The van der Waals surface area contributed by atoms with Crippen molar-refractivity contribution < 1.29 is 12.8 Å². The second-order valence-electron chi connectivity index (χ2n) is 5.74. The van der Waals surface area contributed by atoms with Gasteiger partial charge in [0, 0.05) is 6.04 Å². The zero-order valence-corrected chi connectivity index (χ0v) is 13.4. The predicted octanol–water partition coefficient (Wildman–Crippen LogP) is 1.55. The third-order valence-corrected chi connectivity index (χ3v) is 5.78. The van der Waals surface area contributed by atoms with E-state index in [9.17, 15) is 12.8 Å². The van der Waals surface area contributed by atoms with Gasteiger partial charge in [0.1, 0.15) is 18.0 Å². The van der Waals surface area contributed by atoms with E-state index in [4.69, 9.17) is 0 Å². The molecule has 9 heteroatoms. The van der Waals surface area contributed by atoms with Gasteiger partial charge in [0.2, 0.25) is 0 Å². The van der Waals surface area contributed by atoms with E-state index >= 15 is 0 Å². The van der Waals surface area contributed by atoms with E-state index in [2.05, 4.69) is 20.4 Å². The molecule has 0 saturated carbocycles. The minimum Gasteiger partial charge on any atom is -0.366 e. The number of rotatable bonds is 3. The summed E-state index contributed by atoms with van der Waals surface area (Å²) in [7, 11) is -2.97. The first-order valence-corrected chi connectivity index (χ1v) is 9.26. The molecule has 1 atom stereocenters. The van der Waals surface area contributed by atoms with Crippen molar-refractivity contribution in [3.8, 4) is 5.69 Å². The van der Waals surface area contributed by atoms with Crippen LogP contribution in [-0.2, 0) is 9.84 Å². The molecule has 1 aromatic carbocycles. The standard InChI is InChI=1S/C15H14FN5O2S/c16-10-1-3-12(4-2-10)21-15-13(7-19-21)14(17-9-18-15)20-11-5-6-24(22,23)8-11/h1-4,7,9,11H,5-6,8H2,(H,17,18,20)/t11-/m0/s1. The van der Waals surface area contributed by atoms with E-state index in [0.717, 1.165) is 0 Å². The monoisotopic (exact) mass is 347 g/mol. The molecule has 7 nitrogen and oxygen atoms in total. The summed E-state index contributed by atoms with van der Waals surface area (Å²) in [6.45, 7) is 0.